The van der Waals surface area contributed by atoms with Gasteiger partial charge in [-0.1, -0.05) is 19.4 Å². The maximum atomic E-state index is 11.0. The van der Waals surface area contributed by atoms with E-state index < -0.39 is 11.9 Å². The molecule has 1 heterocycles. The third kappa shape index (κ3) is 5.48. The normalized spacial score (nSPS) is 10.6. The maximum absolute atomic E-state index is 11.0. The molecule has 1 aromatic heterocycles. The van der Waals surface area contributed by atoms with Gasteiger partial charge in [0.25, 0.3) is 0 Å². The van der Waals surface area contributed by atoms with E-state index in [1.807, 2.05) is 4.90 Å². The van der Waals surface area contributed by atoms with E-state index >= 15 is 0 Å². The molecule has 0 saturated heterocycles. The van der Waals surface area contributed by atoms with Crippen molar-refractivity contribution in [2.45, 2.75) is 26.3 Å². The Morgan fingerprint density at radius 2 is 2.16 bits per heavy atom. The average molecular weight is 265 g/mol. The number of nitrogens with two attached hydrogens (primary N) is 1. The van der Waals surface area contributed by atoms with Crippen LogP contribution < -0.4 is 5.73 Å². The van der Waals surface area contributed by atoms with Gasteiger partial charge in [0.15, 0.2) is 0 Å². The van der Waals surface area contributed by atoms with E-state index in [4.69, 9.17) is 10.8 Å². The number of aromatic carboxylic acids is 1. The molecule has 0 aliphatic carbocycles. The van der Waals surface area contributed by atoms with Crippen molar-refractivity contribution in [3.8, 4) is 0 Å². The van der Waals surface area contributed by atoms with Gasteiger partial charge in [0.2, 0.25) is 5.91 Å². The molecule has 3 N–H and O–H groups in total. The topological polar surface area (TPSA) is 96.5 Å². The number of amides is 1. The van der Waals surface area contributed by atoms with Crippen molar-refractivity contribution in [1.29, 1.82) is 0 Å². The first-order valence-electron chi connectivity index (χ1n) is 6.22. The first-order valence-corrected chi connectivity index (χ1v) is 6.22. The lowest BCUT2D eigenvalue weighted by molar-refractivity contribution is -0.119. The van der Waals surface area contributed by atoms with Crippen LogP contribution in [0.25, 0.3) is 0 Å². The molecule has 0 aromatic carbocycles. The molecule has 1 amide bonds. The predicted molar refractivity (Wildman–Crippen MR) is 70.6 cm³/mol. The van der Waals surface area contributed by atoms with Crippen molar-refractivity contribution in [2.75, 3.05) is 13.1 Å². The number of primary amides is 1. The molecule has 19 heavy (non-hydrogen) atoms. The number of carboxylic acid groups (broad SMARTS) is 1. The number of rotatable bonds is 8. The fraction of sp³-hybridized carbons (Fsp3) is 0.462. The van der Waals surface area contributed by atoms with Gasteiger partial charge in [-0.3, -0.25) is 9.69 Å². The van der Waals surface area contributed by atoms with Crippen molar-refractivity contribution >= 4 is 11.9 Å². The third-order valence-electron chi connectivity index (χ3n) is 2.62. The number of unbranched alkanes of at least 4 members (excludes halogenated alkanes) is 1. The van der Waals surface area contributed by atoms with Crippen molar-refractivity contribution in [1.82, 2.24) is 9.88 Å². The van der Waals surface area contributed by atoms with Gasteiger partial charge in [-0.15, -0.1) is 0 Å². The van der Waals surface area contributed by atoms with Crippen molar-refractivity contribution in [3.05, 3.63) is 29.6 Å². The van der Waals surface area contributed by atoms with Crippen LogP contribution in [0.1, 0.15) is 35.9 Å². The quantitative estimate of drug-likeness (QED) is 0.727. The van der Waals surface area contributed by atoms with E-state index in [-0.39, 0.29) is 12.2 Å². The molecule has 1 rings (SSSR count). The molecule has 0 fully saturated rings. The van der Waals surface area contributed by atoms with E-state index in [2.05, 4.69) is 11.9 Å². The smallest absolute Gasteiger partial charge is 0.354 e. The van der Waals surface area contributed by atoms with Crippen molar-refractivity contribution in [3.63, 3.8) is 0 Å². The zero-order valence-corrected chi connectivity index (χ0v) is 11.0. The lowest BCUT2D eigenvalue weighted by Gasteiger charge is -2.20. The number of pyridine rings is 1. The Morgan fingerprint density at radius 3 is 2.74 bits per heavy atom. The summed E-state index contributed by atoms with van der Waals surface area (Å²) in [5, 5.41) is 8.88. The Kier molecular flexibility index (Phi) is 5.95. The molecule has 0 unspecified atom stereocenters. The van der Waals surface area contributed by atoms with Gasteiger partial charge in [-0.25, -0.2) is 9.78 Å². The van der Waals surface area contributed by atoms with Crippen LogP contribution in [0.4, 0.5) is 0 Å². The highest BCUT2D eigenvalue weighted by molar-refractivity contribution is 5.85. The first-order chi connectivity index (χ1) is 9.02. The SMILES string of the molecule is CCCCN(CC(N)=O)Cc1cccc(C(=O)O)n1. The third-order valence-corrected chi connectivity index (χ3v) is 2.62. The van der Waals surface area contributed by atoms with Crippen LogP contribution in [0.2, 0.25) is 0 Å². The molecular weight excluding hydrogens is 246 g/mol. The highest BCUT2D eigenvalue weighted by Gasteiger charge is 2.11. The monoisotopic (exact) mass is 265 g/mol. The summed E-state index contributed by atoms with van der Waals surface area (Å²) in [6.07, 6.45) is 1.96. The van der Waals surface area contributed by atoms with E-state index in [1.54, 1.807) is 12.1 Å². The van der Waals surface area contributed by atoms with Crippen molar-refractivity contribution < 1.29 is 14.7 Å². The lowest BCUT2D eigenvalue weighted by Crippen LogP contribution is -2.34. The molecule has 0 saturated carbocycles. The summed E-state index contributed by atoms with van der Waals surface area (Å²) < 4.78 is 0. The minimum absolute atomic E-state index is 0.00650. The largest absolute Gasteiger partial charge is 0.477 e. The standard InChI is InChI=1S/C13H19N3O3/c1-2-3-7-16(9-12(14)17)8-10-5-4-6-11(15-10)13(18)19/h4-6H,2-3,7-9H2,1H3,(H2,14,17)(H,18,19). The van der Waals surface area contributed by atoms with Gasteiger partial charge in [-0.05, 0) is 25.1 Å². The molecular formula is C13H19N3O3. The van der Waals surface area contributed by atoms with Gasteiger partial charge in [0.05, 0.1) is 12.2 Å². The summed E-state index contributed by atoms with van der Waals surface area (Å²) in [5.74, 6) is -1.46. The zero-order valence-electron chi connectivity index (χ0n) is 11.0. The number of hydrogen-bond acceptors (Lipinski definition) is 4. The van der Waals surface area contributed by atoms with Crippen LogP contribution in [-0.4, -0.2) is 40.0 Å². The molecule has 0 aliphatic rings. The van der Waals surface area contributed by atoms with Crippen molar-refractivity contribution in [2.24, 2.45) is 5.73 Å². The van der Waals surface area contributed by atoms with Gasteiger partial charge in [0, 0.05) is 6.54 Å². The number of nitrogens with zero attached hydrogens (tertiary/aromatic N) is 2. The average Bonchev–Trinajstić information content (AvgIpc) is 2.35. The van der Waals surface area contributed by atoms with E-state index in [1.165, 1.54) is 6.07 Å². The number of hydrogen-bond donors (Lipinski definition) is 2. The molecule has 0 spiro atoms. The number of carboxylic acids is 1. The molecule has 0 bridgehead atoms. The molecule has 104 valence electrons. The van der Waals surface area contributed by atoms with E-state index in [9.17, 15) is 9.59 Å². The highest BCUT2D eigenvalue weighted by atomic mass is 16.4. The van der Waals surface area contributed by atoms with Crippen LogP contribution in [0, 0.1) is 0 Å². The summed E-state index contributed by atoms with van der Waals surface area (Å²) in [4.78, 5) is 27.8. The second-order valence-corrected chi connectivity index (χ2v) is 4.35. The van der Waals surface area contributed by atoms with Crippen LogP contribution >= 0.6 is 0 Å². The van der Waals surface area contributed by atoms with Gasteiger partial charge >= 0.3 is 5.97 Å². The Balaban J connectivity index is 2.74. The minimum atomic E-state index is -1.06. The second kappa shape index (κ2) is 7.48. The Bertz CT molecular complexity index is 449. The molecule has 6 nitrogen and oxygen atoms in total. The Morgan fingerprint density at radius 1 is 1.42 bits per heavy atom. The lowest BCUT2D eigenvalue weighted by atomic mass is 10.2. The Hall–Kier alpha value is -1.95. The molecule has 1 aromatic rings. The fourth-order valence-corrected chi connectivity index (χ4v) is 1.73. The zero-order chi connectivity index (χ0) is 14.3. The van der Waals surface area contributed by atoms with Crippen LogP contribution in [0.15, 0.2) is 18.2 Å². The van der Waals surface area contributed by atoms with Crippen LogP contribution in [-0.2, 0) is 11.3 Å². The Labute approximate surface area is 112 Å². The maximum Gasteiger partial charge on any atom is 0.354 e. The van der Waals surface area contributed by atoms with E-state index in [0.717, 1.165) is 19.4 Å². The summed E-state index contributed by atoms with van der Waals surface area (Å²) in [7, 11) is 0. The van der Waals surface area contributed by atoms with E-state index in [0.29, 0.717) is 12.2 Å². The molecule has 0 atom stereocenters. The predicted octanol–water partition coefficient (Wildman–Crippen LogP) is 0.867. The summed E-state index contributed by atoms with van der Waals surface area (Å²) in [6.45, 7) is 3.37. The number of carbonyl (C=O) groups excluding carboxylic acids is 1. The van der Waals surface area contributed by atoms with Crippen LogP contribution in [0.5, 0.6) is 0 Å². The summed E-state index contributed by atoms with van der Waals surface area (Å²) in [5.41, 5.74) is 5.83. The summed E-state index contributed by atoms with van der Waals surface area (Å²) in [6, 6.07) is 4.83. The first kappa shape index (κ1) is 15.1. The van der Waals surface area contributed by atoms with Gasteiger partial charge < -0.3 is 10.8 Å². The van der Waals surface area contributed by atoms with Gasteiger partial charge in [0.1, 0.15) is 5.69 Å². The fourth-order valence-electron chi connectivity index (χ4n) is 1.73. The molecule has 0 radical (unpaired) electrons. The number of carbonyl (C=O) groups is 2. The van der Waals surface area contributed by atoms with Crippen LogP contribution in [0.3, 0.4) is 0 Å². The molecule has 6 heteroatoms. The number of aromatic nitrogens is 1. The molecule has 0 aliphatic heterocycles. The minimum Gasteiger partial charge on any atom is -0.477 e. The second-order valence-electron chi connectivity index (χ2n) is 4.35. The summed E-state index contributed by atoms with van der Waals surface area (Å²) >= 11 is 0. The van der Waals surface area contributed by atoms with Gasteiger partial charge in [-0.2, -0.15) is 0 Å². The highest BCUT2D eigenvalue weighted by Crippen LogP contribution is 2.05.